The van der Waals surface area contributed by atoms with Crippen LogP contribution in [0, 0.1) is 0 Å². The van der Waals surface area contributed by atoms with E-state index in [2.05, 4.69) is 4.99 Å². The van der Waals surface area contributed by atoms with Crippen molar-refractivity contribution < 1.29 is 9.53 Å². The van der Waals surface area contributed by atoms with Crippen molar-refractivity contribution in [1.82, 2.24) is 0 Å². The van der Waals surface area contributed by atoms with E-state index in [1.54, 1.807) is 13.1 Å². The highest BCUT2D eigenvalue weighted by molar-refractivity contribution is 6.22. The summed E-state index contributed by atoms with van der Waals surface area (Å²) in [6, 6.07) is 11.5. The molecule has 2 aromatic rings. The molecule has 0 aromatic heterocycles. The zero-order valence-corrected chi connectivity index (χ0v) is 8.73. The van der Waals surface area contributed by atoms with Gasteiger partial charge in [0.2, 0.25) is 5.90 Å². The van der Waals surface area contributed by atoms with E-state index >= 15 is 0 Å². The Hall–Kier alpha value is -2.16. The largest absolute Gasteiger partial charge is 0.404 e. The lowest BCUT2D eigenvalue weighted by Crippen LogP contribution is -2.20. The van der Waals surface area contributed by atoms with Crippen LogP contribution in [0.4, 0.5) is 0 Å². The van der Waals surface area contributed by atoms with Gasteiger partial charge >= 0.3 is 5.97 Å². The lowest BCUT2D eigenvalue weighted by Gasteiger charge is -2.17. The van der Waals surface area contributed by atoms with Gasteiger partial charge in [-0.05, 0) is 17.5 Å². The van der Waals surface area contributed by atoms with Crippen LogP contribution >= 0.6 is 0 Å². The van der Waals surface area contributed by atoms with Gasteiger partial charge in [0.05, 0.1) is 5.56 Å². The predicted molar refractivity (Wildman–Crippen MR) is 61.8 cm³/mol. The van der Waals surface area contributed by atoms with Crippen LogP contribution < -0.4 is 0 Å². The quantitative estimate of drug-likeness (QED) is 0.627. The van der Waals surface area contributed by atoms with E-state index in [0.717, 1.165) is 16.3 Å². The molecular weight excluding hydrogens is 202 g/mol. The predicted octanol–water partition coefficient (Wildman–Crippen LogP) is 2.39. The Morgan fingerprint density at radius 3 is 2.44 bits per heavy atom. The van der Waals surface area contributed by atoms with Gasteiger partial charge in [-0.15, -0.1) is 0 Å². The molecule has 78 valence electrons. The van der Waals surface area contributed by atoms with E-state index in [1.165, 1.54) is 0 Å². The monoisotopic (exact) mass is 211 g/mol. The smallest absolute Gasteiger partial charge is 0.345 e. The number of benzene rings is 2. The van der Waals surface area contributed by atoms with Crippen molar-refractivity contribution in [2.24, 2.45) is 4.99 Å². The molecule has 1 aliphatic rings. The molecular formula is C13H9NO2. The Morgan fingerprint density at radius 1 is 1.06 bits per heavy atom. The van der Waals surface area contributed by atoms with Crippen LogP contribution in [-0.4, -0.2) is 18.9 Å². The second-order valence-electron chi connectivity index (χ2n) is 3.63. The number of carbonyl (C=O) groups is 1. The van der Waals surface area contributed by atoms with Gasteiger partial charge in [-0.2, -0.15) is 0 Å². The van der Waals surface area contributed by atoms with E-state index in [1.807, 2.05) is 30.3 Å². The van der Waals surface area contributed by atoms with E-state index < -0.39 is 0 Å². The van der Waals surface area contributed by atoms with Crippen molar-refractivity contribution in [3.8, 4) is 0 Å². The van der Waals surface area contributed by atoms with Crippen LogP contribution in [0.5, 0.6) is 0 Å². The SMILES string of the molecule is C/N=C1/OC(=O)c2cccc3cccc1c23. The van der Waals surface area contributed by atoms with Gasteiger partial charge in [0.15, 0.2) is 0 Å². The fraction of sp³-hybridized carbons (Fsp3) is 0.0769. The third kappa shape index (κ3) is 1.08. The van der Waals surface area contributed by atoms with Gasteiger partial charge < -0.3 is 4.74 Å². The van der Waals surface area contributed by atoms with Crippen LogP contribution in [-0.2, 0) is 4.74 Å². The molecule has 2 aromatic carbocycles. The number of esters is 1. The highest BCUT2D eigenvalue weighted by Crippen LogP contribution is 2.28. The summed E-state index contributed by atoms with van der Waals surface area (Å²) in [6.45, 7) is 0. The average molecular weight is 211 g/mol. The summed E-state index contributed by atoms with van der Waals surface area (Å²) in [5, 5.41) is 1.97. The van der Waals surface area contributed by atoms with Crippen LogP contribution in [0.1, 0.15) is 15.9 Å². The molecule has 3 heteroatoms. The van der Waals surface area contributed by atoms with Crippen molar-refractivity contribution in [3.63, 3.8) is 0 Å². The van der Waals surface area contributed by atoms with E-state index in [0.29, 0.717) is 11.5 Å². The third-order valence-electron chi connectivity index (χ3n) is 2.75. The van der Waals surface area contributed by atoms with E-state index in [4.69, 9.17) is 4.74 Å². The van der Waals surface area contributed by atoms with Crippen LogP contribution in [0.2, 0.25) is 0 Å². The topological polar surface area (TPSA) is 38.7 Å². The fourth-order valence-electron chi connectivity index (χ4n) is 2.05. The number of nitrogens with zero attached hydrogens (tertiary/aromatic N) is 1. The summed E-state index contributed by atoms with van der Waals surface area (Å²) in [4.78, 5) is 15.7. The fourth-order valence-corrected chi connectivity index (χ4v) is 2.05. The molecule has 1 aliphatic heterocycles. The van der Waals surface area contributed by atoms with Crippen molar-refractivity contribution >= 4 is 22.6 Å². The maximum atomic E-state index is 11.7. The average Bonchev–Trinajstić information content (AvgIpc) is 2.33. The molecule has 0 atom stereocenters. The van der Waals surface area contributed by atoms with Gasteiger partial charge in [-0.3, -0.25) is 4.99 Å². The number of hydrogen-bond acceptors (Lipinski definition) is 3. The molecule has 3 nitrogen and oxygen atoms in total. The van der Waals surface area contributed by atoms with Gasteiger partial charge in [-0.1, -0.05) is 24.3 Å². The molecule has 0 spiro atoms. The molecule has 0 aliphatic carbocycles. The molecule has 0 unspecified atom stereocenters. The molecule has 0 amide bonds. The Bertz CT molecular complexity index is 624. The molecule has 0 bridgehead atoms. The number of aliphatic imine (C=N–C) groups is 1. The van der Waals surface area contributed by atoms with E-state index in [9.17, 15) is 4.79 Å². The van der Waals surface area contributed by atoms with Crippen LogP contribution in [0.15, 0.2) is 41.4 Å². The summed E-state index contributed by atoms with van der Waals surface area (Å²) in [5.41, 5.74) is 1.50. The third-order valence-corrected chi connectivity index (χ3v) is 2.75. The molecule has 0 N–H and O–H groups in total. The minimum atomic E-state index is -0.329. The summed E-state index contributed by atoms with van der Waals surface area (Å²) < 4.78 is 5.16. The number of ether oxygens (including phenoxy) is 1. The van der Waals surface area contributed by atoms with Crippen molar-refractivity contribution in [2.75, 3.05) is 7.05 Å². The minimum absolute atomic E-state index is 0.329. The van der Waals surface area contributed by atoms with Crippen molar-refractivity contribution in [2.45, 2.75) is 0 Å². The molecule has 3 rings (SSSR count). The summed E-state index contributed by atoms with van der Waals surface area (Å²) in [7, 11) is 1.62. The molecule has 0 saturated heterocycles. The first-order chi connectivity index (χ1) is 7.81. The Labute approximate surface area is 92.4 Å². The highest BCUT2D eigenvalue weighted by Gasteiger charge is 2.24. The first kappa shape index (κ1) is 9.09. The summed E-state index contributed by atoms with van der Waals surface area (Å²) in [6.07, 6.45) is 0. The molecule has 0 radical (unpaired) electrons. The summed E-state index contributed by atoms with van der Waals surface area (Å²) >= 11 is 0. The molecule has 16 heavy (non-hydrogen) atoms. The second kappa shape index (κ2) is 3.17. The zero-order chi connectivity index (χ0) is 11.1. The zero-order valence-electron chi connectivity index (χ0n) is 8.73. The molecule has 1 heterocycles. The lowest BCUT2D eigenvalue weighted by atomic mass is 9.97. The molecule has 0 saturated carbocycles. The van der Waals surface area contributed by atoms with Gasteiger partial charge in [-0.25, -0.2) is 4.79 Å². The van der Waals surface area contributed by atoms with Gasteiger partial charge in [0.1, 0.15) is 0 Å². The van der Waals surface area contributed by atoms with Gasteiger partial charge in [0.25, 0.3) is 0 Å². The Balaban J connectivity index is 2.52. The maximum Gasteiger partial charge on any atom is 0.345 e. The van der Waals surface area contributed by atoms with Crippen molar-refractivity contribution in [1.29, 1.82) is 0 Å². The standard InChI is InChI=1S/C13H9NO2/c1-14-12-9-6-2-4-8-5-3-7-10(11(8)9)13(15)16-12/h2-7H,1H3/b14-12+. The Morgan fingerprint density at radius 2 is 1.75 bits per heavy atom. The number of rotatable bonds is 0. The highest BCUT2D eigenvalue weighted by atomic mass is 16.5. The normalized spacial score (nSPS) is 16.6. The van der Waals surface area contributed by atoms with Gasteiger partial charge in [0, 0.05) is 18.0 Å². The number of carbonyl (C=O) groups excluding carboxylic acids is 1. The molecule has 0 fully saturated rings. The lowest BCUT2D eigenvalue weighted by molar-refractivity contribution is 0.0716. The minimum Gasteiger partial charge on any atom is -0.404 e. The maximum absolute atomic E-state index is 11.7. The Kier molecular flexibility index (Phi) is 1.80. The van der Waals surface area contributed by atoms with Crippen molar-refractivity contribution in [3.05, 3.63) is 47.5 Å². The van der Waals surface area contributed by atoms with E-state index in [-0.39, 0.29) is 5.97 Å². The van der Waals surface area contributed by atoms with Crippen LogP contribution in [0.25, 0.3) is 10.8 Å². The van der Waals surface area contributed by atoms with Crippen LogP contribution in [0.3, 0.4) is 0 Å². The first-order valence-electron chi connectivity index (χ1n) is 5.02. The second-order valence-corrected chi connectivity index (χ2v) is 3.63. The number of cyclic esters (lactones) is 1. The number of hydrogen-bond donors (Lipinski definition) is 0. The summed E-state index contributed by atoms with van der Waals surface area (Å²) in [5.74, 6) is 0.0687. The first-order valence-corrected chi connectivity index (χ1v) is 5.02.